The van der Waals surface area contributed by atoms with Gasteiger partial charge >= 0.3 is 0 Å². The minimum Gasteiger partial charge on any atom is -0.495 e. The van der Waals surface area contributed by atoms with Crippen molar-refractivity contribution in [3.63, 3.8) is 0 Å². The van der Waals surface area contributed by atoms with Gasteiger partial charge in [0.2, 0.25) is 0 Å². The first-order valence-electron chi connectivity index (χ1n) is 7.58. The van der Waals surface area contributed by atoms with Crippen LogP contribution in [0, 0.1) is 11.3 Å². The zero-order valence-electron chi connectivity index (χ0n) is 12.5. The van der Waals surface area contributed by atoms with Crippen molar-refractivity contribution in [3.8, 4) is 5.75 Å². The first-order valence-corrected chi connectivity index (χ1v) is 8.34. The molecule has 0 saturated heterocycles. The third-order valence-electron chi connectivity index (χ3n) is 5.39. The highest BCUT2D eigenvalue weighted by atomic mass is 35.5. The van der Waals surface area contributed by atoms with Crippen molar-refractivity contribution in [2.75, 3.05) is 7.11 Å². The third-order valence-corrected chi connectivity index (χ3v) is 6.24. The monoisotopic (exact) mass is 326 g/mol. The number of Topliss-reactive ketones (excluding diaryl/α,β-unsaturated/α-hetero) is 1. The summed E-state index contributed by atoms with van der Waals surface area (Å²) < 4.78 is 5.25. The predicted octanol–water partition coefficient (Wildman–Crippen LogP) is 5.33. The maximum atomic E-state index is 13.1. The van der Waals surface area contributed by atoms with Crippen LogP contribution in [0.4, 0.5) is 0 Å². The SMILES string of the molecule is COc1cc2c(c(Cl)c1Cl)C(=O)C(C)(C1CCCC1)CC2. The topological polar surface area (TPSA) is 26.3 Å². The number of halogens is 2. The first kappa shape index (κ1) is 15.2. The van der Waals surface area contributed by atoms with Crippen molar-refractivity contribution in [1.29, 1.82) is 0 Å². The van der Waals surface area contributed by atoms with Gasteiger partial charge in [-0.1, -0.05) is 43.0 Å². The van der Waals surface area contributed by atoms with Crippen LogP contribution in [0.1, 0.15) is 54.9 Å². The highest BCUT2D eigenvalue weighted by Gasteiger charge is 2.46. The number of benzene rings is 1. The van der Waals surface area contributed by atoms with Crippen molar-refractivity contribution < 1.29 is 9.53 Å². The van der Waals surface area contributed by atoms with Gasteiger partial charge < -0.3 is 4.74 Å². The molecule has 21 heavy (non-hydrogen) atoms. The second-order valence-electron chi connectivity index (χ2n) is 6.47. The maximum absolute atomic E-state index is 13.1. The molecule has 0 aliphatic heterocycles. The molecule has 0 N–H and O–H groups in total. The summed E-state index contributed by atoms with van der Waals surface area (Å²) in [6, 6.07) is 1.87. The molecule has 2 nitrogen and oxygen atoms in total. The Morgan fingerprint density at radius 1 is 1.24 bits per heavy atom. The van der Waals surface area contributed by atoms with E-state index in [2.05, 4.69) is 6.92 Å². The van der Waals surface area contributed by atoms with Gasteiger partial charge in [-0.15, -0.1) is 0 Å². The summed E-state index contributed by atoms with van der Waals surface area (Å²) in [6.07, 6.45) is 6.53. The summed E-state index contributed by atoms with van der Waals surface area (Å²) >= 11 is 12.6. The second-order valence-corrected chi connectivity index (χ2v) is 7.22. The highest BCUT2D eigenvalue weighted by Crippen LogP contribution is 2.50. The second kappa shape index (κ2) is 5.48. The molecule has 1 aromatic carbocycles. The molecule has 0 amide bonds. The number of methoxy groups -OCH3 is 1. The number of ether oxygens (including phenoxy) is 1. The minimum absolute atomic E-state index is 0.171. The molecular formula is C17H20Cl2O2. The standard InChI is InChI=1S/C17H20Cl2O2/c1-17(11-5-3-4-6-11)8-7-10-9-12(21-2)14(18)15(19)13(10)16(17)20/h9,11H,3-8H2,1-2H3. The van der Waals surface area contributed by atoms with Crippen molar-refractivity contribution in [2.45, 2.75) is 45.4 Å². The average molecular weight is 327 g/mol. The summed E-state index contributed by atoms with van der Waals surface area (Å²) in [5, 5.41) is 0.710. The van der Waals surface area contributed by atoms with Crippen molar-refractivity contribution in [2.24, 2.45) is 11.3 Å². The van der Waals surface area contributed by atoms with Crippen LogP contribution in [0.5, 0.6) is 5.75 Å². The van der Waals surface area contributed by atoms with E-state index in [4.69, 9.17) is 27.9 Å². The number of ketones is 1. The lowest BCUT2D eigenvalue weighted by Crippen LogP contribution is -2.39. The molecule has 114 valence electrons. The van der Waals surface area contributed by atoms with E-state index in [1.54, 1.807) is 7.11 Å². The Kier molecular flexibility index (Phi) is 3.96. The minimum atomic E-state index is -0.287. The van der Waals surface area contributed by atoms with Gasteiger partial charge in [0.1, 0.15) is 10.8 Å². The van der Waals surface area contributed by atoms with E-state index in [0.717, 1.165) is 31.2 Å². The number of hydrogen-bond acceptors (Lipinski definition) is 2. The zero-order chi connectivity index (χ0) is 15.2. The number of rotatable bonds is 2. The molecule has 0 heterocycles. The predicted molar refractivity (Wildman–Crippen MR) is 85.7 cm³/mol. The van der Waals surface area contributed by atoms with Gasteiger partial charge in [0.15, 0.2) is 5.78 Å². The van der Waals surface area contributed by atoms with E-state index < -0.39 is 0 Å². The van der Waals surface area contributed by atoms with Gasteiger partial charge in [-0.3, -0.25) is 4.79 Å². The van der Waals surface area contributed by atoms with E-state index in [1.165, 1.54) is 12.8 Å². The van der Waals surface area contributed by atoms with Crippen molar-refractivity contribution in [3.05, 3.63) is 27.2 Å². The fourth-order valence-electron chi connectivity index (χ4n) is 3.99. The molecule has 1 atom stereocenters. The molecule has 4 heteroatoms. The van der Waals surface area contributed by atoms with Gasteiger partial charge in [0, 0.05) is 11.0 Å². The molecule has 3 rings (SSSR count). The highest BCUT2D eigenvalue weighted by molar-refractivity contribution is 6.45. The Labute approximate surface area is 135 Å². The Bertz CT molecular complexity index is 591. The molecule has 2 aliphatic carbocycles. The summed E-state index contributed by atoms with van der Waals surface area (Å²) in [5.74, 6) is 1.21. The van der Waals surface area contributed by atoms with Crippen LogP contribution in [0.2, 0.25) is 10.0 Å². The molecular weight excluding hydrogens is 307 g/mol. The van der Waals surface area contributed by atoms with Gasteiger partial charge in [-0.2, -0.15) is 0 Å². The van der Waals surface area contributed by atoms with Gasteiger partial charge in [0.25, 0.3) is 0 Å². The Morgan fingerprint density at radius 3 is 2.52 bits per heavy atom. The molecule has 0 spiro atoms. The zero-order valence-corrected chi connectivity index (χ0v) is 14.0. The molecule has 1 unspecified atom stereocenters. The van der Waals surface area contributed by atoms with Crippen LogP contribution in [0.15, 0.2) is 6.07 Å². The lowest BCUT2D eigenvalue weighted by molar-refractivity contribution is 0.0664. The first-order chi connectivity index (χ1) is 9.99. The van der Waals surface area contributed by atoms with E-state index in [0.29, 0.717) is 27.3 Å². The van der Waals surface area contributed by atoms with E-state index in [-0.39, 0.29) is 11.2 Å². The van der Waals surface area contributed by atoms with Crippen LogP contribution in [-0.4, -0.2) is 12.9 Å². The molecule has 0 bridgehead atoms. The lowest BCUT2D eigenvalue weighted by Gasteiger charge is -2.39. The summed E-state index contributed by atoms with van der Waals surface area (Å²) in [7, 11) is 1.57. The normalized spacial score (nSPS) is 26.0. The largest absolute Gasteiger partial charge is 0.495 e. The van der Waals surface area contributed by atoms with Crippen LogP contribution in [0.3, 0.4) is 0 Å². The lowest BCUT2D eigenvalue weighted by atomic mass is 9.64. The van der Waals surface area contributed by atoms with Crippen LogP contribution in [-0.2, 0) is 6.42 Å². The number of carbonyl (C=O) groups is 1. The number of fused-ring (bicyclic) bond motifs is 1. The number of hydrogen-bond donors (Lipinski definition) is 0. The maximum Gasteiger partial charge on any atom is 0.170 e. The van der Waals surface area contributed by atoms with Crippen LogP contribution < -0.4 is 4.74 Å². The Hall–Kier alpha value is -0.730. The fourth-order valence-corrected chi connectivity index (χ4v) is 4.52. The van der Waals surface area contributed by atoms with Crippen LogP contribution >= 0.6 is 23.2 Å². The van der Waals surface area contributed by atoms with Crippen molar-refractivity contribution >= 4 is 29.0 Å². The molecule has 1 aromatic rings. The average Bonchev–Trinajstić information content (AvgIpc) is 3.01. The van der Waals surface area contributed by atoms with E-state index in [9.17, 15) is 4.79 Å². The van der Waals surface area contributed by atoms with Gasteiger partial charge in [0.05, 0.1) is 12.1 Å². The molecule has 0 aromatic heterocycles. The number of aryl methyl sites for hydroxylation is 1. The Morgan fingerprint density at radius 2 is 1.90 bits per heavy atom. The molecule has 2 aliphatic rings. The molecule has 0 radical (unpaired) electrons. The summed E-state index contributed by atoms with van der Waals surface area (Å²) in [4.78, 5) is 13.1. The molecule has 1 saturated carbocycles. The van der Waals surface area contributed by atoms with E-state index >= 15 is 0 Å². The number of carbonyl (C=O) groups excluding carboxylic acids is 1. The smallest absolute Gasteiger partial charge is 0.170 e. The van der Waals surface area contributed by atoms with Gasteiger partial charge in [-0.05, 0) is 43.2 Å². The quantitative estimate of drug-likeness (QED) is 0.734. The van der Waals surface area contributed by atoms with Crippen LogP contribution in [0.25, 0.3) is 0 Å². The Balaban J connectivity index is 2.07. The van der Waals surface area contributed by atoms with Crippen molar-refractivity contribution in [1.82, 2.24) is 0 Å². The summed E-state index contributed by atoms with van der Waals surface area (Å²) in [6.45, 7) is 2.11. The molecule has 1 fully saturated rings. The third kappa shape index (κ3) is 2.27. The van der Waals surface area contributed by atoms with E-state index in [1.807, 2.05) is 6.07 Å². The summed E-state index contributed by atoms with van der Waals surface area (Å²) in [5.41, 5.74) is 1.32. The fraction of sp³-hybridized carbons (Fsp3) is 0.588. The van der Waals surface area contributed by atoms with Gasteiger partial charge in [-0.25, -0.2) is 0 Å².